The van der Waals surface area contributed by atoms with Gasteiger partial charge in [-0.05, 0) is 25.0 Å². The van der Waals surface area contributed by atoms with Gasteiger partial charge in [-0.15, -0.1) is 0 Å². The first-order valence-electron chi connectivity index (χ1n) is 7.38. The first-order valence-corrected chi connectivity index (χ1v) is 7.38. The Labute approximate surface area is 138 Å². The summed E-state index contributed by atoms with van der Waals surface area (Å²) in [6.45, 7) is 0.649. The number of hydrogen-bond donors (Lipinski definition) is 5. The number of carboxylic acid groups (broad SMARTS) is 2. The topological polar surface area (TPSA) is 141 Å². The molecule has 0 bridgehead atoms. The number of aliphatic hydroxyl groups excluding tert-OH is 1. The van der Waals surface area contributed by atoms with Crippen LogP contribution in [0.1, 0.15) is 18.5 Å². The molecule has 1 amide bonds. The number of nitrogens with one attached hydrogen (secondary N) is 2. The number of aliphatic hydroxyl groups is 1. The van der Waals surface area contributed by atoms with Crippen LogP contribution in [0.2, 0.25) is 0 Å². The first kappa shape index (κ1) is 17.7. The molecular formula is C15H19N3O6. The molecular weight excluding hydrogens is 318 g/mol. The van der Waals surface area contributed by atoms with E-state index < -0.39 is 6.16 Å². The predicted octanol–water partition coefficient (Wildman–Crippen LogP) is 0.804. The second-order valence-corrected chi connectivity index (χ2v) is 5.29. The van der Waals surface area contributed by atoms with Gasteiger partial charge in [-0.25, -0.2) is 9.78 Å². The van der Waals surface area contributed by atoms with Gasteiger partial charge in [-0.2, -0.15) is 0 Å². The maximum atomic E-state index is 11.2. The standard InChI is InChI=1S/C14H17N3O3.CH2O3/c18-11-4-1-9(2-5-11)15-7-10-3-6-12-14(16-10)17-13(19)8-20-12;2-1(3)4/h1,3-4,6,9,11,15,18H,2,5,7-8H2,(H,16,17,19);(H2,2,3,4)/t9-,11+;/m1./s1. The molecule has 0 saturated carbocycles. The second-order valence-electron chi connectivity index (χ2n) is 5.29. The summed E-state index contributed by atoms with van der Waals surface area (Å²) in [4.78, 5) is 24.2. The maximum absolute atomic E-state index is 11.2. The Morgan fingerprint density at radius 2 is 2.08 bits per heavy atom. The quantitative estimate of drug-likeness (QED) is 0.510. The van der Waals surface area contributed by atoms with Crippen LogP contribution in [0.15, 0.2) is 24.3 Å². The Morgan fingerprint density at radius 3 is 2.75 bits per heavy atom. The lowest BCUT2D eigenvalue weighted by molar-refractivity contribution is -0.118. The molecule has 5 N–H and O–H groups in total. The molecule has 0 fully saturated rings. The van der Waals surface area contributed by atoms with E-state index in [-0.39, 0.29) is 24.7 Å². The van der Waals surface area contributed by atoms with Gasteiger partial charge in [0.1, 0.15) is 0 Å². The Kier molecular flexibility index (Phi) is 6.10. The van der Waals surface area contributed by atoms with Gasteiger partial charge in [0.2, 0.25) is 0 Å². The van der Waals surface area contributed by atoms with Gasteiger partial charge < -0.3 is 30.7 Å². The molecule has 2 atom stereocenters. The molecule has 9 heteroatoms. The molecule has 1 aromatic rings. The zero-order valence-corrected chi connectivity index (χ0v) is 12.8. The number of rotatable bonds is 3. The van der Waals surface area contributed by atoms with E-state index in [2.05, 4.69) is 15.6 Å². The van der Waals surface area contributed by atoms with Gasteiger partial charge in [-0.1, -0.05) is 12.2 Å². The zero-order valence-electron chi connectivity index (χ0n) is 12.8. The summed E-state index contributed by atoms with van der Waals surface area (Å²) >= 11 is 0. The van der Waals surface area contributed by atoms with E-state index in [1.54, 1.807) is 0 Å². The summed E-state index contributed by atoms with van der Waals surface area (Å²) in [6, 6.07) is 3.95. The SMILES string of the molecule is O=C(O)O.O=C1COc2ccc(CN[C@@H]3C=C[C@H](O)CC3)nc2N1. The third-order valence-corrected chi connectivity index (χ3v) is 3.42. The van der Waals surface area contributed by atoms with Crippen molar-refractivity contribution in [3.05, 3.63) is 30.0 Å². The number of anilines is 1. The third-order valence-electron chi connectivity index (χ3n) is 3.42. The summed E-state index contributed by atoms with van der Waals surface area (Å²) < 4.78 is 5.26. The van der Waals surface area contributed by atoms with Crippen LogP contribution in [0.25, 0.3) is 0 Å². The minimum atomic E-state index is -1.83. The van der Waals surface area contributed by atoms with Crippen molar-refractivity contribution >= 4 is 17.9 Å². The van der Waals surface area contributed by atoms with Crippen LogP contribution in [0.4, 0.5) is 10.6 Å². The van der Waals surface area contributed by atoms with Gasteiger partial charge in [-0.3, -0.25) is 4.79 Å². The number of fused-ring (bicyclic) bond motifs is 1. The molecule has 1 aliphatic heterocycles. The lowest BCUT2D eigenvalue weighted by Crippen LogP contribution is -2.31. The van der Waals surface area contributed by atoms with Crippen molar-refractivity contribution in [3.63, 3.8) is 0 Å². The van der Waals surface area contributed by atoms with E-state index in [9.17, 15) is 9.90 Å². The fraction of sp³-hybridized carbons (Fsp3) is 0.400. The van der Waals surface area contributed by atoms with Crippen LogP contribution in [0, 0.1) is 0 Å². The Balaban J connectivity index is 0.000000471. The van der Waals surface area contributed by atoms with Gasteiger partial charge in [0.15, 0.2) is 18.2 Å². The Hall–Kier alpha value is -2.65. The smallest absolute Gasteiger partial charge is 0.480 e. The molecule has 9 nitrogen and oxygen atoms in total. The van der Waals surface area contributed by atoms with Crippen molar-refractivity contribution in [1.29, 1.82) is 0 Å². The number of carbonyl (C=O) groups excluding carboxylic acids is 1. The molecule has 0 aromatic carbocycles. The largest absolute Gasteiger partial charge is 0.503 e. The van der Waals surface area contributed by atoms with Crippen molar-refractivity contribution in [2.24, 2.45) is 0 Å². The first-order chi connectivity index (χ1) is 11.4. The summed E-state index contributed by atoms with van der Waals surface area (Å²) in [6.07, 6.45) is 3.33. The molecule has 3 rings (SSSR count). The summed E-state index contributed by atoms with van der Waals surface area (Å²) in [5.41, 5.74) is 0.842. The molecule has 2 aliphatic rings. The number of nitrogens with zero attached hydrogens (tertiary/aromatic N) is 1. The summed E-state index contributed by atoms with van der Waals surface area (Å²) in [5.74, 6) is 0.906. The molecule has 24 heavy (non-hydrogen) atoms. The lowest BCUT2D eigenvalue weighted by Gasteiger charge is -2.21. The number of aromatic nitrogens is 1. The minimum absolute atomic E-state index is 0.0431. The maximum Gasteiger partial charge on any atom is 0.503 e. The van der Waals surface area contributed by atoms with Crippen LogP contribution < -0.4 is 15.4 Å². The van der Waals surface area contributed by atoms with E-state index in [1.165, 1.54) is 0 Å². The number of ether oxygens (including phenoxy) is 1. The molecule has 2 heterocycles. The van der Waals surface area contributed by atoms with E-state index in [1.807, 2.05) is 24.3 Å². The highest BCUT2D eigenvalue weighted by atomic mass is 16.6. The van der Waals surface area contributed by atoms with Crippen molar-refractivity contribution in [3.8, 4) is 5.75 Å². The fourth-order valence-corrected chi connectivity index (χ4v) is 2.31. The van der Waals surface area contributed by atoms with Crippen molar-refractivity contribution in [2.45, 2.75) is 31.5 Å². The Bertz CT molecular complexity index is 630. The monoisotopic (exact) mass is 337 g/mol. The third kappa shape index (κ3) is 5.52. The van der Waals surface area contributed by atoms with Gasteiger partial charge in [0, 0.05) is 12.6 Å². The second kappa shape index (κ2) is 8.27. The molecule has 0 spiro atoms. The van der Waals surface area contributed by atoms with Gasteiger partial charge >= 0.3 is 6.16 Å². The normalized spacial score (nSPS) is 21.6. The van der Waals surface area contributed by atoms with E-state index in [0.29, 0.717) is 18.1 Å². The van der Waals surface area contributed by atoms with Crippen LogP contribution in [0.3, 0.4) is 0 Å². The molecule has 0 unspecified atom stereocenters. The highest BCUT2D eigenvalue weighted by Crippen LogP contribution is 2.25. The van der Waals surface area contributed by atoms with Crippen LogP contribution in [-0.4, -0.2) is 51.1 Å². The molecule has 0 radical (unpaired) electrons. The van der Waals surface area contributed by atoms with Crippen molar-refractivity contribution < 1.29 is 29.6 Å². The number of hydrogen-bond acceptors (Lipinski definition) is 6. The van der Waals surface area contributed by atoms with Gasteiger partial charge in [0.25, 0.3) is 5.91 Å². The predicted molar refractivity (Wildman–Crippen MR) is 84.0 cm³/mol. The fourth-order valence-electron chi connectivity index (χ4n) is 2.31. The van der Waals surface area contributed by atoms with Crippen molar-refractivity contribution in [2.75, 3.05) is 11.9 Å². The van der Waals surface area contributed by atoms with Crippen LogP contribution in [-0.2, 0) is 11.3 Å². The Morgan fingerprint density at radius 1 is 1.33 bits per heavy atom. The molecule has 1 aromatic heterocycles. The van der Waals surface area contributed by atoms with E-state index >= 15 is 0 Å². The molecule has 0 saturated heterocycles. The van der Waals surface area contributed by atoms with Crippen LogP contribution >= 0.6 is 0 Å². The average molecular weight is 337 g/mol. The van der Waals surface area contributed by atoms with Gasteiger partial charge in [0.05, 0.1) is 11.8 Å². The van der Waals surface area contributed by atoms with Crippen molar-refractivity contribution in [1.82, 2.24) is 10.3 Å². The zero-order chi connectivity index (χ0) is 17.5. The number of pyridine rings is 1. The minimum Gasteiger partial charge on any atom is -0.480 e. The summed E-state index contributed by atoms with van der Waals surface area (Å²) in [7, 11) is 0. The van der Waals surface area contributed by atoms with E-state index in [0.717, 1.165) is 18.5 Å². The van der Waals surface area contributed by atoms with Crippen LogP contribution in [0.5, 0.6) is 5.75 Å². The highest BCUT2D eigenvalue weighted by molar-refractivity contribution is 5.94. The lowest BCUT2D eigenvalue weighted by atomic mass is 10.0. The summed E-state index contributed by atoms with van der Waals surface area (Å²) in [5, 5.41) is 29.4. The molecule has 1 aliphatic carbocycles. The number of carbonyl (C=O) groups is 2. The highest BCUT2D eigenvalue weighted by Gasteiger charge is 2.18. The average Bonchev–Trinajstić information content (AvgIpc) is 2.53. The molecule has 130 valence electrons. The number of amides is 1. The van der Waals surface area contributed by atoms with E-state index in [4.69, 9.17) is 19.7 Å².